The molecule has 0 aliphatic carbocycles. The Labute approximate surface area is 185 Å². The number of benzene rings is 2. The van der Waals surface area contributed by atoms with Gasteiger partial charge in [0, 0.05) is 25.6 Å². The van der Waals surface area contributed by atoms with Crippen LogP contribution < -0.4 is 29.2 Å². The average molecular weight is 442 g/mol. The number of nitrogens with zero attached hydrogens (tertiary/aromatic N) is 1. The predicted octanol–water partition coefficient (Wildman–Crippen LogP) is 1.72. The van der Waals surface area contributed by atoms with E-state index in [-0.39, 0.29) is 44.7 Å². The molecule has 0 aromatic heterocycles. The van der Waals surface area contributed by atoms with Gasteiger partial charge >= 0.3 is 0 Å². The van der Waals surface area contributed by atoms with Crippen LogP contribution >= 0.6 is 0 Å². The summed E-state index contributed by atoms with van der Waals surface area (Å²) in [4.78, 5) is 26.7. The molecule has 1 saturated heterocycles. The fraction of sp³-hybridized carbons (Fsp3) is 0.391. The smallest absolute Gasteiger partial charge is 0.231 e. The average Bonchev–Trinajstić information content (AvgIpc) is 3.42. The van der Waals surface area contributed by atoms with Crippen molar-refractivity contribution in [2.75, 3.05) is 38.0 Å². The lowest BCUT2D eigenvalue weighted by Gasteiger charge is -2.20. The monoisotopic (exact) mass is 442 g/mol. The van der Waals surface area contributed by atoms with E-state index in [1.54, 1.807) is 35.2 Å². The maximum absolute atomic E-state index is 12.6. The highest BCUT2D eigenvalue weighted by atomic mass is 16.7. The van der Waals surface area contributed by atoms with Crippen molar-refractivity contribution in [3.8, 4) is 23.0 Å². The zero-order valence-corrected chi connectivity index (χ0v) is 17.8. The van der Waals surface area contributed by atoms with Crippen molar-refractivity contribution in [1.29, 1.82) is 0 Å². The Balaban J connectivity index is 1.26. The number of para-hydroxylation sites is 2. The van der Waals surface area contributed by atoms with Gasteiger partial charge < -0.3 is 34.3 Å². The fourth-order valence-electron chi connectivity index (χ4n) is 3.65. The Bertz CT molecular complexity index is 981. The van der Waals surface area contributed by atoms with Crippen molar-refractivity contribution in [3.63, 3.8) is 0 Å². The fourth-order valence-corrected chi connectivity index (χ4v) is 3.65. The summed E-state index contributed by atoms with van der Waals surface area (Å²) in [5.41, 5.74) is 0.659. The molecule has 2 aromatic rings. The number of hydrogen-bond donors (Lipinski definition) is 2. The van der Waals surface area contributed by atoms with Gasteiger partial charge in [-0.25, -0.2) is 0 Å². The Morgan fingerprint density at radius 1 is 1.22 bits per heavy atom. The molecule has 0 saturated carbocycles. The van der Waals surface area contributed by atoms with Gasteiger partial charge in [-0.2, -0.15) is 0 Å². The summed E-state index contributed by atoms with van der Waals surface area (Å²) in [5, 5.41) is 12.9. The summed E-state index contributed by atoms with van der Waals surface area (Å²) < 4.78 is 21.7. The molecule has 2 unspecified atom stereocenters. The van der Waals surface area contributed by atoms with Crippen LogP contribution in [0.25, 0.3) is 0 Å². The maximum Gasteiger partial charge on any atom is 0.231 e. The summed E-state index contributed by atoms with van der Waals surface area (Å²) in [6.45, 7) is 2.81. The minimum absolute atomic E-state index is 0.00260. The largest absolute Gasteiger partial charge is 0.492 e. The molecule has 9 heteroatoms. The Morgan fingerprint density at radius 2 is 2.03 bits per heavy atom. The number of amides is 2. The van der Waals surface area contributed by atoms with Crippen LogP contribution in [0.4, 0.5) is 5.69 Å². The SMILES string of the molecule is CCOc1ccccc1N1CC(C(=O)NCC(O)COc2ccc3c(c2)OCO3)CC1=O. The first kappa shape index (κ1) is 21.8. The summed E-state index contributed by atoms with van der Waals surface area (Å²) in [6.07, 6.45) is -0.799. The number of anilines is 1. The van der Waals surface area contributed by atoms with Gasteiger partial charge in [-0.3, -0.25) is 9.59 Å². The second-order valence-corrected chi connectivity index (χ2v) is 7.53. The molecule has 0 bridgehead atoms. The minimum Gasteiger partial charge on any atom is -0.492 e. The van der Waals surface area contributed by atoms with Crippen LogP contribution in [0.15, 0.2) is 42.5 Å². The van der Waals surface area contributed by atoms with Gasteiger partial charge in [-0.15, -0.1) is 0 Å². The van der Waals surface area contributed by atoms with Gasteiger partial charge in [-0.05, 0) is 31.2 Å². The van der Waals surface area contributed by atoms with E-state index in [9.17, 15) is 14.7 Å². The summed E-state index contributed by atoms with van der Waals surface area (Å²) >= 11 is 0. The lowest BCUT2D eigenvalue weighted by atomic mass is 10.1. The van der Waals surface area contributed by atoms with Crippen LogP contribution in [-0.2, 0) is 9.59 Å². The second kappa shape index (κ2) is 9.78. The Hall–Kier alpha value is -3.46. The topological polar surface area (TPSA) is 107 Å². The second-order valence-electron chi connectivity index (χ2n) is 7.53. The molecule has 0 spiro atoms. The van der Waals surface area contributed by atoms with E-state index in [4.69, 9.17) is 18.9 Å². The number of hydrogen-bond acceptors (Lipinski definition) is 7. The van der Waals surface area contributed by atoms with Crippen molar-refractivity contribution in [3.05, 3.63) is 42.5 Å². The number of rotatable bonds is 9. The van der Waals surface area contributed by atoms with Crippen LogP contribution in [0.3, 0.4) is 0 Å². The normalized spacial score (nSPS) is 17.9. The quantitative estimate of drug-likeness (QED) is 0.609. The maximum atomic E-state index is 12.6. The van der Waals surface area contributed by atoms with Gasteiger partial charge in [0.05, 0.1) is 18.2 Å². The molecule has 2 amide bonds. The van der Waals surface area contributed by atoms with E-state index >= 15 is 0 Å². The standard InChI is InChI=1S/C23H26N2O7/c1-2-29-19-6-4-3-5-18(19)25-12-15(9-22(25)27)23(28)24-11-16(26)13-30-17-7-8-20-21(10-17)32-14-31-20/h3-8,10,15-16,26H,2,9,11-14H2,1H3,(H,24,28). The van der Waals surface area contributed by atoms with Crippen LogP contribution in [-0.4, -0.2) is 56.1 Å². The Kier molecular flexibility index (Phi) is 6.65. The molecule has 2 heterocycles. The number of carbonyl (C=O) groups is 2. The first-order valence-corrected chi connectivity index (χ1v) is 10.6. The molecule has 0 radical (unpaired) electrons. The summed E-state index contributed by atoms with van der Waals surface area (Å²) in [6, 6.07) is 12.4. The van der Waals surface area contributed by atoms with Crippen molar-refractivity contribution in [2.24, 2.45) is 5.92 Å². The molecule has 32 heavy (non-hydrogen) atoms. The third kappa shape index (κ3) is 4.88. The van der Waals surface area contributed by atoms with E-state index in [0.29, 0.717) is 35.3 Å². The Morgan fingerprint density at radius 3 is 2.88 bits per heavy atom. The van der Waals surface area contributed by atoms with Crippen LogP contribution in [0.2, 0.25) is 0 Å². The number of ether oxygens (including phenoxy) is 4. The van der Waals surface area contributed by atoms with E-state index in [1.165, 1.54) is 0 Å². The lowest BCUT2D eigenvalue weighted by molar-refractivity contribution is -0.126. The summed E-state index contributed by atoms with van der Waals surface area (Å²) in [7, 11) is 0. The van der Waals surface area contributed by atoms with Crippen LogP contribution in [0.5, 0.6) is 23.0 Å². The highest BCUT2D eigenvalue weighted by Gasteiger charge is 2.36. The van der Waals surface area contributed by atoms with Gasteiger partial charge in [0.15, 0.2) is 11.5 Å². The third-order valence-corrected chi connectivity index (χ3v) is 5.25. The van der Waals surface area contributed by atoms with Gasteiger partial charge in [0.1, 0.15) is 24.2 Å². The number of carbonyl (C=O) groups excluding carboxylic acids is 2. The number of fused-ring (bicyclic) bond motifs is 1. The minimum atomic E-state index is -0.906. The number of aliphatic hydroxyl groups is 1. The van der Waals surface area contributed by atoms with Gasteiger partial charge in [0.25, 0.3) is 0 Å². The van der Waals surface area contributed by atoms with E-state index in [2.05, 4.69) is 5.32 Å². The first-order valence-electron chi connectivity index (χ1n) is 10.6. The van der Waals surface area contributed by atoms with Crippen molar-refractivity contribution in [2.45, 2.75) is 19.4 Å². The summed E-state index contributed by atoms with van der Waals surface area (Å²) in [5.74, 6) is 1.46. The van der Waals surface area contributed by atoms with E-state index in [0.717, 1.165) is 0 Å². The molecule has 2 atom stereocenters. The van der Waals surface area contributed by atoms with Crippen molar-refractivity contribution in [1.82, 2.24) is 5.32 Å². The first-order chi connectivity index (χ1) is 15.5. The molecule has 2 aliphatic heterocycles. The molecule has 2 aliphatic rings. The van der Waals surface area contributed by atoms with Crippen molar-refractivity contribution < 1.29 is 33.6 Å². The number of aliphatic hydroxyl groups excluding tert-OH is 1. The molecule has 170 valence electrons. The molecule has 1 fully saturated rings. The molecular weight excluding hydrogens is 416 g/mol. The molecule has 2 N–H and O–H groups in total. The van der Waals surface area contributed by atoms with Crippen LogP contribution in [0, 0.1) is 5.92 Å². The molecular formula is C23H26N2O7. The zero-order valence-electron chi connectivity index (χ0n) is 17.8. The van der Waals surface area contributed by atoms with E-state index < -0.39 is 12.0 Å². The van der Waals surface area contributed by atoms with Gasteiger partial charge in [-0.1, -0.05) is 12.1 Å². The zero-order chi connectivity index (χ0) is 22.5. The highest BCUT2D eigenvalue weighted by molar-refractivity contribution is 6.01. The molecule has 2 aromatic carbocycles. The molecule has 9 nitrogen and oxygen atoms in total. The highest BCUT2D eigenvalue weighted by Crippen LogP contribution is 2.35. The number of nitrogens with one attached hydrogen (secondary N) is 1. The van der Waals surface area contributed by atoms with Crippen LogP contribution in [0.1, 0.15) is 13.3 Å². The predicted molar refractivity (Wildman–Crippen MR) is 115 cm³/mol. The van der Waals surface area contributed by atoms with E-state index in [1.807, 2.05) is 19.1 Å². The van der Waals surface area contributed by atoms with Crippen molar-refractivity contribution >= 4 is 17.5 Å². The lowest BCUT2D eigenvalue weighted by Crippen LogP contribution is -2.39. The van der Waals surface area contributed by atoms with Gasteiger partial charge in [0.2, 0.25) is 18.6 Å². The molecule has 4 rings (SSSR count). The third-order valence-electron chi connectivity index (χ3n) is 5.25.